The van der Waals surface area contributed by atoms with Crippen LogP contribution in [0.15, 0.2) is 101 Å². The molecule has 28 heavy (non-hydrogen) atoms. The summed E-state index contributed by atoms with van der Waals surface area (Å²) in [4.78, 5) is 7.87. The first-order valence-electron chi connectivity index (χ1n) is 9.23. The number of benzene rings is 3. The summed E-state index contributed by atoms with van der Waals surface area (Å²) in [5.41, 5.74) is 5.18. The predicted octanol–water partition coefficient (Wildman–Crippen LogP) is 5.63. The van der Waals surface area contributed by atoms with Gasteiger partial charge in [0.1, 0.15) is 0 Å². The second-order valence-electron chi connectivity index (χ2n) is 6.60. The molecule has 1 aliphatic rings. The second-order valence-corrected chi connectivity index (χ2v) is 7.84. The van der Waals surface area contributed by atoms with Crippen LogP contribution >= 0.6 is 11.8 Å². The third-order valence-electron chi connectivity index (χ3n) is 4.70. The summed E-state index contributed by atoms with van der Waals surface area (Å²) in [5.74, 6) is 0. The molecular weight excluding hydrogens is 364 g/mol. The average Bonchev–Trinajstić information content (AvgIpc) is 3.17. The maximum absolute atomic E-state index is 4.99. The summed E-state index contributed by atoms with van der Waals surface area (Å²) >= 11 is 1.81. The second kappa shape index (κ2) is 7.44. The van der Waals surface area contributed by atoms with E-state index in [0.717, 1.165) is 34.8 Å². The SMILES string of the molecule is c1ccc(C2=Nc3ccccc3SC(c3cnn(-c4ccccc4)n3)C2)cc1. The molecular formula is C23H18N4S. The van der Waals surface area contributed by atoms with Crippen molar-refractivity contribution in [1.82, 2.24) is 15.0 Å². The van der Waals surface area contributed by atoms with Gasteiger partial charge in [-0.2, -0.15) is 15.0 Å². The average molecular weight is 382 g/mol. The molecule has 136 valence electrons. The summed E-state index contributed by atoms with van der Waals surface area (Å²) in [6.07, 6.45) is 2.68. The number of fused-ring (bicyclic) bond motifs is 1. The van der Waals surface area contributed by atoms with Crippen LogP contribution in [0.5, 0.6) is 0 Å². The Morgan fingerprint density at radius 1 is 0.821 bits per heavy atom. The molecule has 1 aromatic heterocycles. The molecule has 1 aliphatic heterocycles. The van der Waals surface area contributed by atoms with Gasteiger partial charge >= 0.3 is 0 Å². The third kappa shape index (κ3) is 3.37. The van der Waals surface area contributed by atoms with E-state index >= 15 is 0 Å². The van der Waals surface area contributed by atoms with Crippen molar-refractivity contribution < 1.29 is 0 Å². The van der Waals surface area contributed by atoms with Crippen LogP contribution in [0.3, 0.4) is 0 Å². The highest BCUT2D eigenvalue weighted by molar-refractivity contribution is 7.99. The fourth-order valence-electron chi connectivity index (χ4n) is 3.30. The van der Waals surface area contributed by atoms with Gasteiger partial charge in [-0.3, -0.25) is 4.99 Å². The number of hydrogen-bond donors (Lipinski definition) is 0. The molecule has 0 spiro atoms. The number of rotatable bonds is 3. The van der Waals surface area contributed by atoms with Crippen molar-refractivity contribution in [3.05, 3.63) is 102 Å². The molecule has 5 rings (SSSR count). The van der Waals surface area contributed by atoms with Crippen LogP contribution in [0.4, 0.5) is 5.69 Å². The lowest BCUT2D eigenvalue weighted by Crippen LogP contribution is -2.06. The van der Waals surface area contributed by atoms with Crippen LogP contribution in [-0.4, -0.2) is 20.7 Å². The molecule has 2 heterocycles. The van der Waals surface area contributed by atoms with E-state index in [2.05, 4.69) is 47.6 Å². The van der Waals surface area contributed by atoms with Crippen molar-refractivity contribution in [3.8, 4) is 5.69 Å². The van der Waals surface area contributed by atoms with Gasteiger partial charge in [0.25, 0.3) is 0 Å². The Kier molecular flexibility index (Phi) is 4.51. The minimum absolute atomic E-state index is 0.153. The van der Waals surface area contributed by atoms with Crippen molar-refractivity contribution in [1.29, 1.82) is 0 Å². The minimum Gasteiger partial charge on any atom is -0.252 e. The maximum atomic E-state index is 4.99. The highest BCUT2D eigenvalue weighted by atomic mass is 32.2. The van der Waals surface area contributed by atoms with Crippen molar-refractivity contribution in [2.45, 2.75) is 16.6 Å². The normalized spacial score (nSPS) is 16.1. The maximum Gasteiger partial charge on any atom is 0.0969 e. The molecule has 0 amide bonds. The molecule has 0 saturated heterocycles. The van der Waals surface area contributed by atoms with Gasteiger partial charge in [-0.15, -0.1) is 11.8 Å². The molecule has 4 aromatic rings. The van der Waals surface area contributed by atoms with Crippen LogP contribution in [0, 0.1) is 0 Å². The Balaban J connectivity index is 1.54. The molecule has 0 N–H and O–H groups in total. The fourth-order valence-corrected chi connectivity index (χ4v) is 4.46. The Bertz CT molecular complexity index is 1120. The number of para-hydroxylation sites is 2. The molecule has 5 heteroatoms. The highest BCUT2D eigenvalue weighted by Crippen LogP contribution is 2.44. The van der Waals surface area contributed by atoms with Gasteiger partial charge in [0.15, 0.2) is 0 Å². The molecule has 3 aromatic carbocycles. The van der Waals surface area contributed by atoms with Gasteiger partial charge in [-0.1, -0.05) is 60.7 Å². The van der Waals surface area contributed by atoms with E-state index in [1.165, 1.54) is 4.90 Å². The van der Waals surface area contributed by atoms with Crippen LogP contribution in [0.25, 0.3) is 5.69 Å². The first-order valence-corrected chi connectivity index (χ1v) is 10.1. The largest absolute Gasteiger partial charge is 0.252 e. The summed E-state index contributed by atoms with van der Waals surface area (Å²) < 4.78 is 0. The number of nitrogens with zero attached hydrogens (tertiary/aromatic N) is 4. The Labute approximate surface area is 168 Å². The lowest BCUT2D eigenvalue weighted by atomic mass is 10.0. The van der Waals surface area contributed by atoms with E-state index in [9.17, 15) is 0 Å². The highest BCUT2D eigenvalue weighted by Gasteiger charge is 2.24. The molecule has 0 saturated carbocycles. The van der Waals surface area contributed by atoms with Crippen LogP contribution in [-0.2, 0) is 0 Å². The van der Waals surface area contributed by atoms with E-state index in [1.807, 2.05) is 60.4 Å². The zero-order valence-corrected chi connectivity index (χ0v) is 16.0. The summed E-state index contributed by atoms with van der Waals surface area (Å²) in [6.45, 7) is 0. The Hall–Kier alpha value is -3.18. The van der Waals surface area contributed by atoms with E-state index in [4.69, 9.17) is 10.1 Å². The molecule has 1 unspecified atom stereocenters. The first-order chi connectivity index (χ1) is 13.9. The van der Waals surface area contributed by atoms with E-state index < -0.39 is 0 Å². The first kappa shape index (κ1) is 17.0. The van der Waals surface area contributed by atoms with Gasteiger partial charge in [0.2, 0.25) is 0 Å². The smallest absolute Gasteiger partial charge is 0.0969 e. The summed E-state index contributed by atoms with van der Waals surface area (Å²) in [7, 11) is 0. The standard InChI is InChI=1S/C23H18N4S/c1-3-9-17(10-4-1)20-15-23(28-22-14-8-7-13-19(22)25-20)21-16-24-27(26-21)18-11-5-2-6-12-18/h1-14,16,23H,15H2. The van der Waals surface area contributed by atoms with Crippen molar-refractivity contribution in [2.24, 2.45) is 4.99 Å². The van der Waals surface area contributed by atoms with Crippen LogP contribution in [0.1, 0.15) is 22.9 Å². The van der Waals surface area contributed by atoms with Crippen molar-refractivity contribution in [2.75, 3.05) is 0 Å². The van der Waals surface area contributed by atoms with Crippen molar-refractivity contribution >= 4 is 23.2 Å². The lowest BCUT2D eigenvalue weighted by molar-refractivity contribution is 0.735. The van der Waals surface area contributed by atoms with Crippen LogP contribution in [0.2, 0.25) is 0 Å². The molecule has 0 fully saturated rings. The molecule has 1 atom stereocenters. The van der Waals surface area contributed by atoms with Gasteiger partial charge in [0.05, 0.1) is 28.5 Å². The third-order valence-corrected chi connectivity index (χ3v) is 5.99. The molecule has 0 bridgehead atoms. The predicted molar refractivity (Wildman–Crippen MR) is 114 cm³/mol. The van der Waals surface area contributed by atoms with Gasteiger partial charge in [-0.25, -0.2) is 0 Å². The Morgan fingerprint density at radius 2 is 1.54 bits per heavy atom. The van der Waals surface area contributed by atoms with Gasteiger partial charge < -0.3 is 0 Å². The fraction of sp³-hybridized carbons (Fsp3) is 0.0870. The quantitative estimate of drug-likeness (QED) is 0.461. The van der Waals surface area contributed by atoms with E-state index in [0.29, 0.717) is 0 Å². The minimum atomic E-state index is 0.153. The molecule has 0 aliphatic carbocycles. The molecule has 0 radical (unpaired) electrons. The number of thioether (sulfide) groups is 1. The summed E-state index contributed by atoms with van der Waals surface area (Å²) in [5, 5.41) is 9.43. The molecule has 4 nitrogen and oxygen atoms in total. The van der Waals surface area contributed by atoms with Crippen LogP contribution < -0.4 is 0 Å². The lowest BCUT2D eigenvalue weighted by Gasteiger charge is -2.12. The topological polar surface area (TPSA) is 43.1 Å². The van der Waals surface area contributed by atoms with E-state index in [1.54, 1.807) is 4.80 Å². The van der Waals surface area contributed by atoms with Gasteiger partial charge in [-0.05, 0) is 29.8 Å². The number of aromatic nitrogens is 3. The Morgan fingerprint density at radius 3 is 2.36 bits per heavy atom. The van der Waals surface area contributed by atoms with Crippen molar-refractivity contribution in [3.63, 3.8) is 0 Å². The van der Waals surface area contributed by atoms with Gasteiger partial charge in [0, 0.05) is 17.0 Å². The number of aliphatic imine (C=N–C) groups is 1. The monoisotopic (exact) mass is 382 g/mol. The van der Waals surface area contributed by atoms with E-state index in [-0.39, 0.29) is 5.25 Å². The zero-order valence-electron chi connectivity index (χ0n) is 15.1. The summed E-state index contributed by atoms with van der Waals surface area (Å²) in [6, 6.07) is 28.7. The zero-order chi connectivity index (χ0) is 18.8. The number of hydrogen-bond acceptors (Lipinski definition) is 4.